The minimum atomic E-state index is -3.66. The minimum absolute atomic E-state index is 0.150. The number of hydrogen-bond donors (Lipinski definition) is 1. The normalized spacial score (nSPS) is 16.6. The van der Waals surface area contributed by atoms with E-state index in [2.05, 4.69) is 10.1 Å². The maximum Gasteiger partial charge on any atom is 0.411 e. The lowest BCUT2D eigenvalue weighted by molar-refractivity contribution is 0.0202. The average Bonchev–Trinajstić information content (AvgIpc) is 2.68. The fraction of sp³-hybridized carbons (Fsp3) is 0.316. The Balaban J connectivity index is 1.67. The summed E-state index contributed by atoms with van der Waals surface area (Å²) in [5.41, 5.74) is 2.79. The van der Waals surface area contributed by atoms with Gasteiger partial charge >= 0.3 is 6.09 Å². The number of carbonyl (C=O) groups is 1. The fourth-order valence-electron chi connectivity index (χ4n) is 2.97. The van der Waals surface area contributed by atoms with Crippen LogP contribution in [0.5, 0.6) is 0 Å². The second kappa shape index (κ2) is 8.08. The molecular weight excluding hydrogens is 368 g/mol. The average molecular weight is 390 g/mol. The van der Waals surface area contributed by atoms with Crippen LogP contribution in [0.2, 0.25) is 0 Å². The molecule has 0 aromatic heterocycles. The number of nitrogens with one attached hydrogen (secondary N) is 1. The van der Waals surface area contributed by atoms with Crippen molar-refractivity contribution in [2.45, 2.75) is 24.0 Å². The molecule has 1 N–H and O–H groups in total. The number of ether oxygens (including phenoxy) is 2. The number of hydrogen-bond acceptors (Lipinski definition) is 5. The highest BCUT2D eigenvalue weighted by Crippen LogP contribution is 2.23. The molecule has 0 aliphatic carbocycles. The van der Waals surface area contributed by atoms with Crippen molar-refractivity contribution in [2.75, 3.05) is 26.0 Å². The van der Waals surface area contributed by atoms with Crippen molar-refractivity contribution in [3.63, 3.8) is 0 Å². The van der Waals surface area contributed by atoms with E-state index in [1.807, 2.05) is 24.3 Å². The highest BCUT2D eigenvalue weighted by atomic mass is 32.2. The summed E-state index contributed by atoms with van der Waals surface area (Å²) >= 11 is 0. The number of sulfonamides is 1. The van der Waals surface area contributed by atoms with E-state index in [4.69, 9.17) is 4.74 Å². The topological polar surface area (TPSA) is 84.9 Å². The monoisotopic (exact) mass is 390 g/mol. The molecule has 0 spiro atoms. The van der Waals surface area contributed by atoms with Crippen molar-refractivity contribution in [2.24, 2.45) is 0 Å². The number of anilines is 1. The van der Waals surface area contributed by atoms with Gasteiger partial charge in [0.2, 0.25) is 10.0 Å². The SMILES string of the molecule is COC(=O)Nc1ccc(S(=O)(=O)N(C)CC2Cc3ccccc3CO2)cc1. The van der Waals surface area contributed by atoms with Gasteiger partial charge in [0, 0.05) is 25.7 Å². The van der Waals surface area contributed by atoms with Crippen molar-refractivity contribution < 1.29 is 22.7 Å². The molecule has 0 radical (unpaired) electrons. The molecule has 1 aliphatic rings. The van der Waals surface area contributed by atoms with Crippen molar-refractivity contribution in [3.05, 3.63) is 59.7 Å². The third-order valence-electron chi connectivity index (χ3n) is 4.50. The Morgan fingerprint density at radius 3 is 2.52 bits per heavy atom. The summed E-state index contributed by atoms with van der Waals surface area (Å²) in [5.74, 6) is 0. The van der Waals surface area contributed by atoms with Gasteiger partial charge in [0.05, 0.1) is 24.7 Å². The van der Waals surface area contributed by atoms with E-state index >= 15 is 0 Å². The lowest BCUT2D eigenvalue weighted by Crippen LogP contribution is -2.38. The molecule has 1 heterocycles. The Morgan fingerprint density at radius 2 is 1.85 bits per heavy atom. The van der Waals surface area contributed by atoms with E-state index in [0.717, 1.165) is 5.56 Å². The second-order valence-electron chi connectivity index (χ2n) is 6.33. The molecule has 0 saturated heterocycles. The lowest BCUT2D eigenvalue weighted by atomic mass is 9.99. The quantitative estimate of drug-likeness (QED) is 0.848. The first-order chi connectivity index (χ1) is 12.9. The Morgan fingerprint density at radius 1 is 1.19 bits per heavy atom. The van der Waals surface area contributed by atoms with Gasteiger partial charge in [0.25, 0.3) is 0 Å². The van der Waals surface area contributed by atoms with Crippen molar-refractivity contribution >= 4 is 21.8 Å². The Hall–Kier alpha value is -2.42. The highest BCUT2D eigenvalue weighted by molar-refractivity contribution is 7.89. The predicted molar refractivity (Wildman–Crippen MR) is 101 cm³/mol. The third-order valence-corrected chi connectivity index (χ3v) is 6.33. The summed E-state index contributed by atoms with van der Waals surface area (Å²) in [7, 11) is -0.857. The van der Waals surface area contributed by atoms with E-state index < -0.39 is 16.1 Å². The molecular formula is C19H22N2O5S. The van der Waals surface area contributed by atoms with Crippen LogP contribution in [0.3, 0.4) is 0 Å². The van der Waals surface area contributed by atoms with E-state index in [9.17, 15) is 13.2 Å². The highest BCUT2D eigenvalue weighted by Gasteiger charge is 2.26. The first-order valence-corrected chi connectivity index (χ1v) is 9.94. The molecule has 0 fully saturated rings. The molecule has 2 aromatic carbocycles. The summed E-state index contributed by atoms with van der Waals surface area (Å²) in [6, 6.07) is 14.0. The van der Waals surface area contributed by atoms with Gasteiger partial charge in [-0.1, -0.05) is 24.3 Å². The molecule has 0 bridgehead atoms. The van der Waals surface area contributed by atoms with Crippen LogP contribution in [0.1, 0.15) is 11.1 Å². The standard InChI is InChI=1S/C19H22N2O5S/c1-21(12-17-11-14-5-3-4-6-15(14)13-26-17)27(23,24)18-9-7-16(8-10-18)20-19(22)25-2/h3-10,17H,11-13H2,1-2H3,(H,20,22). The molecule has 2 aromatic rings. The number of amides is 1. The van der Waals surface area contributed by atoms with Gasteiger partial charge in [-0.2, -0.15) is 4.31 Å². The van der Waals surface area contributed by atoms with Crippen LogP contribution in [0.25, 0.3) is 0 Å². The van der Waals surface area contributed by atoms with Crippen LogP contribution < -0.4 is 5.32 Å². The number of rotatable bonds is 5. The van der Waals surface area contributed by atoms with Crippen molar-refractivity contribution in [1.29, 1.82) is 0 Å². The van der Waals surface area contributed by atoms with E-state index in [-0.39, 0.29) is 17.5 Å². The van der Waals surface area contributed by atoms with Gasteiger partial charge in [-0.3, -0.25) is 5.32 Å². The maximum absolute atomic E-state index is 12.8. The summed E-state index contributed by atoms with van der Waals surface area (Å²) < 4.78 is 37.2. The van der Waals surface area contributed by atoms with Gasteiger partial charge in [0.1, 0.15) is 0 Å². The number of nitrogens with zero attached hydrogens (tertiary/aromatic N) is 1. The van der Waals surface area contributed by atoms with Crippen LogP contribution in [-0.2, 0) is 32.5 Å². The second-order valence-corrected chi connectivity index (χ2v) is 8.38. The Kier molecular flexibility index (Phi) is 5.79. The van der Waals surface area contributed by atoms with Gasteiger partial charge in [0.15, 0.2) is 0 Å². The van der Waals surface area contributed by atoms with Crippen LogP contribution in [0, 0.1) is 0 Å². The minimum Gasteiger partial charge on any atom is -0.453 e. The molecule has 3 rings (SSSR count). The summed E-state index contributed by atoms with van der Waals surface area (Å²) in [4.78, 5) is 11.4. The largest absolute Gasteiger partial charge is 0.453 e. The van der Waals surface area contributed by atoms with E-state index in [0.29, 0.717) is 18.7 Å². The first kappa shape index (κ1) is 19.3. The zero-order valence-corrected chi connectivity index (χ0v) is 16.0. The number of carbonyl (C=O) groups excluding carboxylic acids is 1. The summed E-state index contributed by atoms with van der Waals surface area (Å²) in [6.07, 6.45) is -0.129. The number of likely N-dealkylation sites (N-methyl/N-ethyl adjacent to an activating group) is 1. The van der Waals surface area contributed by atoms with Crippen molar-refractivity contribution in [1.82, 2.24) is 4.31 Å². The molecule has 1 atom stereocenters. The zero-order chi connectivity index (χ0) is 19.4. The molecule has 8 heteroatoms. The predicted octanol–water partition coefficient (Wildman–Crippen LogP) is 2.63. The van der Waals surface area contributed by atoms with E-state index in [1.165, 1.54) is 41.2 Å². The number of methoxy groups -OCH3 is 1. The molecule has 144 valence electrons. The molecule has 7 nitrogen and oxygen atoms in total. The van der Waals surface area contributed by atoms with Crippen molar-refractivity contribution in [3.8, 4) is 0 Å². The van der Waals surface area contributed by atoms with Crippen LogP contribution in [-0.4, -0.2) is 45.6 Å². The fourth-order valence-corrected chi connectivity index (χ4v) is 4.17. The maximum atomic E-state index is 12.8. The van der Waals surface area contributed by atoms with Crippen LogP contribution >= 0.6 is 0 Å². The van der Waals surface area contributed by atoms with Gasteiger partial charge < -0.3 is 9.47 Å². The van der Waals surface area contributed by atoms with E-state index in [1.54, 1.807) is 7.05 Å². The third kappa shape index (κ3) is 4.47. The zero-order valence-electron chi connectivity index (χ0n) is 15.2. The number of fused-ring (bicyclic) bond motifs is 1. The van der Waals surface area contributed by atoms with Gasteiger partial charge in [-0.15, -0.1) is 0 Å². The summed E-state index contributed by atoms with van der Waals surface area (Å²) in [5, 5.41) is 2.48. The summed E-state index contributed by atoms with van der Waals surface area (Å²) in [6.45, 7) is 0.751. The Bertz CT molecular complexity index is 912. The first-order valence-electron chi connectivity index (χ1n) is 8.50. The molecule has 1 aliphatic heterocycles. The molecule has 0 saturated carbocycles. The molecule has 1 unspecified atom stereocenters. The van der Waals surface area contributed by atoms with Crippen LogP contribution in [0.4, 0.5) is 10.5 Å². The van der Waals surface area contributed by atoms with Gasteiger partial charge in [-0.25, -0.2) is 13.2 Å². The Labute approximate surface area is 158 Å². The van der Waals surface area contributed by atoms with Gasteiger partial charge in [-0.05, 0) is 35.4 Å². The molecule has 1 amide bonds. The molecule has 27 heavy (non-hydrogen) atoms. The smallest absolute Gasteiger partial charge is 0.411 e. The number of benzene rings is 2. The lowest BCUT2D eigenvalue weighted by Gasteiger charge is -2.28. The van der Waals surface area contributed by atoms with Crippen LogP contribution in [0.15, 0.2) is 53.4 Å².